The molecule has 0 aliphatic carbocycles. The van der Waals surface area contributed by atoms with E-state index >= 15 is 0 Å². The Morgan fingerprint density at radius 3 is 2.66 bits per heavy atom. The van der Waals surface area contributed by atoms with Gasteiger partial charge in [0.1, 0.15) is 16.7 Å². The number of thiocarbonyl (C=S) groups is 1. The van der Waals surface area contributed by atoms with Crippen molar-refractivity contribution in [3.05, 3.63) is 70.4 Å². The van der Waals surface area contributed by atoms with Crippen molar-refractivity contribution >= 4 is 57.8 Å². The van der Waals surface area contributed by atoms with Crippen LogP contribution in [0.3, 0.4) is 0 Å². The van der Waals surface area contributed by atoms with E-state index < -0.39 is 23.6 Å². The van der Waals surface area contributed by atoms with E-state index in [0.717, 1.165) is 16.7 Å². The molecule has 1 heterocycles. The molecule has 1 fully saturated rings. The van der Waals surface area contributed by atoms with Gasteiger partial charge in [-0.1, -0.05) is 48.2 Å². The monoisotopic (exact) mass is 430 g/mol. The maximum atomic E-state index is 13.4. The minimum atomic E-state index is -1.16. The Hall–Kier alpha value is -3.04. The largest absolute Gasteiger partial charge is 0.478 e. The normalized spacial score (nSPS) is 15.1. The molecule has 29 heavy (non-hydrogen) atoms. The summed E-state index contributed by atoms with van der Waals surface area (Å²) in [6.45, 7) is -0.338. The van der Waals surface area contributed by atoms with Gasteiger partial charge >= 0.3 is 5.97 Å². The number of likely N-dealkylation sites (N-methyl/N-ethyl adjacent to an activating group) is 1. The predicted octanol–water partition coefficient (Wildman–Crippen LogP) is 3.39. The first kappa shape index (κ1) is 20.7. The van der Waals surface area contributed by atoms with Crippen molar-refractivity contribution < 1.29 is 23.9 Å². The summed E-state index contributed by atoms with van der Waals surface area (Å²) in [5.41, 5.74) is 0.690. The Bertz CT molecular complexity index is 1050. The van der Waals surface area contributed by atoms with Crippen LogP contribution in [0.25, 0.3) is 6.08 Å². The highest BCUT2D eigenvalue weighted by atomic mass is 32.2. The van der Waals surface area contributed by atoms with Gasteiger partial charge in [0, 0.05) is 7.05 Å². The number of anilines is 1. The van der Waals surface area contributed by atoms with E-state index in [1.807, 2.05) is 0 Å². The number of nitrogens with zero attached hydrogens (tertiary/aromatic N) is 2. The van der Waals surface area contributed by atoms with Crippen LogP contribution >= 0.6 is 24.0 Å². The fourth-order valence-electron chi connectivity index (χ4n) is 2.71. The van der Waals surface area contributed by atoms with Crippen molar-refractivity contribution in [3.63, 3.8) is 0 Å². The van der Waals surface area contributed by atoms with Gasteiger partial charge in [-0.15, -0.1) is 0 Å². The van der Waals surface area contributed by atoms with Gasteiger partial charge < -0.3 is 10.0 Å². The summed E-state index contributed by atoms with van der Waals surface area (Å²) < 4.78 is 13.6. The number of carbonyl (C=O) groups is 3. The lowest BCUT2D eigenvalue weighted by molar-refractivity contribution is -0.127. The molecule has 2 amide bonds. The molecule has 0 saturated carbocycles. The number of aromatic carboxylic acids is 1. The number of halogens is 1. The average molecular weight is 430 g/mol. The second-order valence-corrected chi connectivity index (χ2v) is 7.77. The number of carboxylic acids is 1. The van der Waals surface area contributed by atoms with E-state index in [1.54, 1.807) is 18.2 Å². The number of para-hydroxylation sites is 1. The van der Waals surface area contributed by atoms with Crippen molar-refractivity contribution in [2.45, 2.75) is 0 Å². The Morgan fingerprint density at radius 2 is 1.97 bits per heavy atom. The van der Waals surface area contributed by atoms with Crippen LogP contribution in [0, 0.1) is 5.82 Å². The maximum absolute atomic E-state index is 13.4. The molecular weight excluding hydrogens is 415 g/mol. The molecule has 9 heteroatoms. The second kappa shape index (κ2) is 8.54. The molecule has 6 nitrogen and oxygen atoms in total. The standard InChI is InChI=1S/C20H15FN2O4S2/c1-22(15-8-3-2-7-14(15)19(26)27)17(24)11-23-18(25)16(29-20(23)28)10-12-5-4-6-13(21)9-12/h2-10H,11H2,1H3,(H,26,27)/b16-10-. The highest BCUT2D eigenvalue weighted by Gasteiger charge is 2.34. The average Bonchev–Trinajstić information content (AvgIpc) is 2.94. The van der Waals surface area contributed by atoms with Crippen molar-refractivity contribution in [2.75, 3.05) is 18.5 Å². The molecule has 2 aromatic rings. The Kier molecular flexibility index (Phi) is 6.09. The van der Waals surface area contributed by atoms with Crippen LogP contribution in [0.4, 0.5) is 10.1 Å². The van der Waals surface area contributed by atoms with Gasteiger partial charge in [0.05, 0.1) is 16.2 Å². The first-order valence-corrected chi connectivity index (χ1v) is 9.60. The highest BCUT2D eigenvalue weighted by Crippen LogP contribution is 2.32. The predicted molar refractivity (Wildman–Crippen MR) is 113 cm³/mol. The summed E-state index contributed by atoms with van der Waals surface area (Å²) >= 11 is 6.24. The van der Waals surface area contributed by atoms with Gasteiger partial charge in [0.15, 0.2) is 0 Å². The molecular formula is C20H15FN2O4S2. The number of hydrogen-bond acceptors (Lipinski definition) is 5. The molecule has 148 valence electrons. The fourth-order valence-corrected chi connectivity index (χ4v) is 3.96. The number of carboxylic acid groups (broad SMARTS) is 1. The first-order valence-electron chi connectivity index (χ1n) is 8.37. The molecule has 1 aliphatic rings. The third-order valence-electron chi connectivity index (χ3n) is 4.18. The lowest BCUT2D eigenvalue weighted by Crippen LogP contribution is -2.40. The van der Waals surface area contributed by atoms with Crippen LogP contribution in [-0.2, 0) is 9.59 Å². The highest BCUT2D eigenvalue weighted by molar-refractivity contribution is 8.26. The number of carbonyl (C=O) groups excluding carboxylic acids is 2. The minimum absolute atomic E-state index is 0.0280. The molecule has 1 N–H and O–H groups in total. The number of amides is 2. The van der Waals surface area contributed by atoms with E-state index in [1.165, 1.54) is 48.4 Å². The third kappa shape index (κ3) is 4.52. The zero-order valence-corrected chi connectivity index (χ0v) is 16.8. The molecule has 0 bridgehead atoms. The quantitative estimate of drug-likeness (QED) is 0.579. The molecule has 0 spiro atoms. The first-order chi connectivity index (χ1) is 13.8. The number of thioether (sulfide) groups is 1. The molecule has 1 aliphatic heterocycles. The smallest absolute Gasteiger partial charge is 0.337 e. The third-order valence-corrected chi connectivity index (χ3v) is 5.56. The van der Waals surface area contributed by atoms with E-state index in [9.17, 15) is 23.9 Å². The van der Waals surface area contributed by atoms with Gasteiger partial charge in [-0.05, 0) is 35.9 Å². The van der Waals surface area contributed by atoms with Gasteiger partial charge in [-0.2, -0.15) is 0 Å². The Balaban J connectivity index is 1.78. The van der Waals surface area contributed by atoms with Gasteiger partial charge in [0.2, 0.25) is 5.91 Å². The van der Waals surface area contributed by atoms with E-state index in [-0.39, 0.29) is 27.0 Å². The topological polar surface area (TPSA) is 77.9 Å². The molecule has 0 aromatic heterocycles. The molecule has 1 saturated heterocycles. The van der Waals surface area contributed by atoms with E-state index in [4.69, 9.17) is 12.2 Å². The van der Waals surface area contributed by atoms with Crippen LogP contribution in [0.5, 0.6) is 0 Å². The lowest BCUT2D eigenvalue weighted by Gasteiger charge is -2.22. The zero-order chi connectivity index (χ0) is 21.1. The van der Waals surface area contributed by atoms with Crippen LogP contribution in [0.2, 0.25) is 0 Å². The molecule has 0 atom stereocenters. The van der Waals surface area contributed by atoms with Crippen molar-refractivity contribution in [3.8, 4) is 0 Å². The molecule has 0 radical (unpaired) electrons. The number of rotatable bonds is 5. The lowest BCUT2D eigenvalue weighted by atomic mass is 10.1. The molecule has 0 unspecified atom stereocenters. The minimum Gasteiger partial charge on any atom is -0.478 e. The summed E-state index contributed by atoms with van der Waals surface area (Å²) in [5, 5.41) is 9.30. The molecule has 2 aromatic carbocycles. The van der Waals surface area contributed by atoms with Crippen molar-refractivity contribution in [1.82, 2.24) is 4.90 Å². The van der Waals surface area contributed by atoms with Crippen molar-refractivity contribution in [1.29, 1.82) is 0 Å². The van der Waals surface area contributed by atoms with Crippen molar-refractivity contribution in [2.24, 2.45) is 0 Å². The van der Waals surface area contributed by atoms with Gasteiger partial charge in [-0.25, -0.2) is 9.18 Å². The summed E-state index contributed by atoms with van der Waals surface area (Å²) in [4.78, 5) is 39.3. The SMILES string of the molecule is CN(C(=O)CN1C(=O)/C(=C/c2cccc(F)c2)SC1=S)c1ccccc1C(=O)O. The van der Waals surface area contributed by atoms with Gasteiger partial charge in [0.25, 0.3) is 5.91 Å². The number of hydrogen-bond donors (Lipinski definition) is 1. The van der Waals surface area contributed by atoms with Crippen LogP contribution in [0.15, 0.2) is 53.4 Å². The zero-order valence-electron chi connectivity index (χ0n) is 15.2. The van der Waals surface area contributed by atoms with Crippen LogP contribution < -0.4 is 4.90 Å². The summed E-state index contributed by atoms with van der Waals surface area (Å²) in [7, 11) is 1.43. The van der Waals surface area contributed by atoms with Gasteiger partial charge in [-0.3, -0.25) is 14.5 Å². The second-order valence-electron chi connectivity index (χ2n) is 6.10. The fraction of sp³-hybridized carbons (Fsp3) is 0.100. The van der Waals surface area contributed by atoms with Crippen LogP contribution in [0.1, 0.15) is 15.9 Å². The summed E-state index contributed by atoms with van der Waals surface area (Å²) in [5.74, 6) is -2.55. The van der Waals surface area contributed by atoms with E-state index in [0.29, 0.717) is 5.56 Å². The maximum Gasteiger partial charge on any atom is 0.337 e. The summed E-state index contributed by atoms with van der Waals surface area (Å²) in [6.07, 6.45) is 1.51. The molecule has 3 rings (SSSR count). The summed E-state index contributed by atoms with van der Waals surface area (Å²) in [6, 6.07) is 11.8. The Morgan fingerprint density at radius 1 is 1.24 bits per heavy atom. The Labute approximate surface area is 175 Å². The number of benzene rings is 2. The van der Waals surface area contributed by atoms with E-state index in [2.05, 4.69) is 0 Å². The van der Waals surface area contributed by atoms with Crippen LogP contribution in [-0.4, -0.2) is 45.7 Å².